The molecule has 0 amide bonds. The Hall–Kier alpha value is 1.29. The minimum Gasteiger partial charge on any atom is -0.243 e. The number of hydrazine groups is 3. The molecule has 19 heavy (non-hydrogen) atoms. The molecule has 1 aliphatic rings. The molecule has 1 rings (SSSR count). The van der Waals surface area contributed by atoms with Gasteiger partial charge in [0.2, 0.25) is 0 Å². The van der Waals surface area contributed by atoms with Gasteiger partial charge in [0.25, 0.3) is 0 Å². The lowest BCUT2D eigenvalue weighted by molar-refractivity contribution is 0.357. The van der Waals surface area contributed by atoms with Gasteiger partial charge in [0, 0.05) is 13.1 Å². The van der Waals surface area contributed by atoms with E-state index in [0.717, 1.165) is 13.1 Å². The van der Waals surface area contributed by atoms with Gasteiger partial charge >= 0.3 is 0 Å². The van der Waals surface area contributed by atoms with Gasteiger partial charge in [-0.25, -0.2) is 10.9 Å². The van der Waals surface area contributed by atoms with Crippen molar-refractivity contribution in [1.82, 2.24) is 21.9 Å². The van der Waals surface area contributed by atoms with Crippen molar-refractivity contribution in [3.8, 4) is 0 Å². The molecule has 9 heteroatoms. The second-order valence-corrected chi connectivity index (χ2v) is 3.93. The second-order valence-electron chi connectivity index (χ2n) is 3.93. The molecular formula is C10H29Cl5N4. The summed E-state index contributed by atoms with van der Waals surface area (Å²) in [5, 5.41) is 0. The third-order valence-electron chi connectivity index (χ3n) is 2.59. The summed E-state index contributed by atoms with van der Waals surface area (Å²) in [6.45, 7) is 2.07. The molecule has 0 atom stereocenters. The van der Waals surface area contributed by atoms with Crippen molar-refractivity contribution in [2.24, 2.45) is 0 Å². The first-order chi connectivity index (χ1) is 7.00. The Morgan fingerprint density at radius 1 is 0.368 bits per heavy atom. The maximum absolute atomic E-state index is 3.12. The van der Waals surface area contributed by atoms with Crippen LogP contribution in [0.4, 0.5) is 0 Å². The van der Waals surface area contributed by atoms with E-state index in [2.05, 4.69) is 21.9 Å². The average Bonchev–Trinajstić information content (AvgIpc) is 2.22. The van der Waals surface area contributed by atoms with Crippen LogP contribution in [0.15, 0.2) is 0 Å². The minimum absolute atomic E-state index is 0. The van der Waals surface area contributed by atoms with Gasteiger partial charge in [-0.1, -0.05) is 38.5 Å². The van der Waals surface area contributed by atoms with Crippen LogP contribution in [-0.4, -0.2) is 13.1 Å². The summed E-state index contributed by atoms with van der Waals surface area (Å²) in [4.78, 5) is 0. The lowest BCUT2D eigenvalue weighted by Crippen LogP contribution is -2.51. The Bertz CT molecular complexity index is 81.2. The van der Waals surface area contributed by atoms with Crippen LogP contribution in [0, 0.1) is 0 Å². The van der Waals surface area contributed by atoms with Crippen LogP contribution in [0.3, 0.4) is 0 Å². The van der Waals surface area contributed by atoms with Gasteiger partial charge in [0.1, 0.15) is 0 Å². The Kier molecular flexibility index (Phi) is 46.9. The predicted molar refractivity (Wildman–Crippen MR) is 95.5 cm³/mol. The molecule has 0 aromatic carbocycles. The van der Waals surface area contributed by atoms with Crippen molar-refractivity contribution in [3.05, 3.63) is 0 Å². The molecule has 1 heterocycles. The van der Waals surface area contributed by atoms with E-state index in [0.29, 0.717) is 0 Å². The van der Waals surface area contributed by atoms with E-state index in [1.165, 1.54) is 51.4 Å². The molecule has 0 saturated carbocycles. The summed E-state index contributed by atoms with van der Waals surface area (Å²) in [5.74, 6) is 0. The highest BCUT2D eigenvalue weighted by molar-refractivity contribution is 5.86. The van der Waals surface area contributed by atoms with Crippen molar-refractivity contribution >= 4 is 62.0 Å². The number of halogens is 5. The summed E-state index contributed by atoms with van der Waals surface area (Å²) in [6.07, 6.45) is 10.8. The molecule has 0 unspecified atom stereocenters. The molecule has 0 spiro atoms. The summed E-state index contributed by atoms with van der Waals surface area (Å²) in [5.41, 5.74) is 12.1. The maximum atomic E-state index is 3.12. The lowest BCUT2D eigenvalue weighted by Gasteiger charge is -2.10. The highest BCUT2D eigenvalue weighted by atomic mass is 35.5. The molecule has 0 radical (unpaired) electrons. The van der Waals surface area contributed by atoms with Gasteiger partial charge in [-0.3, -0.25) is 0 Å². The minimum atomic E-state index is 0. The monoisotopic (exact) mass is 380 g/mol. The molecule has 0 aromatic heterocycles. The fraction of sp³-hybridized carbons (Fsp3) is 1.00. The predicted octanol–water partition coefficient (Wildman–Crippen LogP) is 3.33. The van der Waals surface area contributed by atoms with E-state index in [1.807, 2.05) is 0 Å². The van der Waals surface area contributed by atoms with Crippen molar-refractivity contribution in [2.45, 2.75) is 51.4 Å². The molecule has 1 fully saturated rings. The Balaban J connectivity index is -0.000000131. The van der Waals surface area contributed by atoms with Crippen LogP contribution >= 0.6 is 62.0 Å². The molecular weight excluding hydrogens is 353 g/mol. The fourth-order valence-corrected chi connectivity index (χ4v) is 1.70. The van der Waals surface area contributed by atoms with Gasteiger partial charge in [-0.2, -0.15) is 11.1 Å². The van der Waals surface area contributed by atoms with Crippen LogP contribution in [0.2, 0.25) is 0 Å². The molecule has 0 bridgehead atoms. The average molecular weight is 383 g/mol. The van der Waals surface area contributed by atoms with Gasteiger partial charge in [0.05, 0.1) is 0 Å². The highest BCUT2D eigenvalue weighted by Crippen LogP contribution is 2.07. The fourth-order valence-electron chi connectivity index (χ4n) is 1.70. The third-order valence-corrected chi connectivity index (χ3v) is 2.59. The van der Waals surface area contributed by atoms with E-state index in [1.54, 1.807) is 0 Å². The first-order valence-electron chi connectivity index (χ1n) is 5.96. The SMILES string of the molecule is C1CCCCCNNNNCCCC1.Cl.Cl.Cl.Cl.Cl. The van der Waals surface area contributed by atoms with Crippen LogP contribution in [0.25, 0.3) is 0 Å². The number of hydrogen-bond donors (Lipinski definition) is 4. The second kappa shape index (κ2) is 27.6. The van der Waals surface area contributed by atoms with Crippen LogP contribution in [0.5, 0.6) is 0 Å². The Morgan fingerprint density at radius 2 is 0.632 bits per heavy atom. The first kappa shape index (κ1) is 32.3. The van der Waals surface area contributed by atoms with Gasteiger partial charge in [-0.15, -0.1) is 62.0 Å². The van der Waals surface area contributed by atoms with E-state index >= 15 is 0 Å². The topological polar surface area (TPSA) is 48.1 Å². The van der Waals surface area contributed by atoms with E-state index in [4.69, 9.17) is 0 Å². The van der Waals surface area contributed by atoms with Crippen LogP contribution < -0.4 is 21.9 Å². The van der Waals surface area contributed by atoms with Crippen LogP contribution in [-0.2, 0) is 0 Å². The standard InChI is InChI=1S/C10H24N4.5ClH/c1-2-4-6-8-10-12-14-13-11-9-7-5-3-1;;;;;/h11-14H,1-10H2;5*1H. The molecule has 1 saturated heterocycles. The van der Waals surface area contributed by atoms with Crippen LogP contribution in [0.1, 0.15) is 51.4 Å². The molecule has 4 nitrogen and oxygen atoms in total. The quantitative estimate of drug-likeness (QED) is 0.519. The normalized spacial score (nSPS) is 17.7. The number of rotatable bonds is 0. The smallest absolute Gasteiger partial charge is 0.0113 e. The summed E-state index contributed by atoms with van der Waals surface area (Å²) in [6, 6.07) is 0. The third kappa shape index (κ3) is 24.7. The Morgan fingerprint density at radius 3 is 0.947 bits per heavy atom. The maximum Gasteiger partial charge on any atom is 0.0113 e. The molecule has 1 aliphatic heterocycles. The van der Waals surface area contributed by atoms with Gasteiger partial charge < -0.3 is 0 Å². The largest absolute Gasteiger partial charge is 0.243 e. The van der Waals surface area contributed by atoms with E-state index in [-0.39, 0.29) is 62.0 Å². The van der Waals surface area contributed by atoms with Crippen molar-refractivity contribution in [3.63, 3.8) is 0 Å². The van der Waals surface area contributed by atoms with Gasteiger partial charge in [0.15, 0.2) is 0 Å². The molecule has 124 valence electrons. The molecule has 0 aliphatic carbocycles. The molecule has 4 N–H and O–H groups in total. The number of nitrogens with one attached hydrogen (secondary N) is 4. The van der Waals surface area contributed by atoms with Gasteiger partial charge in [-0.05, 0) is 12.8 Å². The zero-order valence-corrected chi connectivity index (χ0v) is 15.2. The summed E-state index contributed by atoms with van der Waals surface area (Å²) in [7, 11) is 0. The number of hydrogen-bond acceptors (Lipinski definition) is 4. The summed E-state index contributed by atoms with van der Waals surface area (Å²) >= 11 is 0. The zero-order chi connectivity index (χ0) is 9.90. The van der Waals surface area contributed by atoms with Crippen molar-refractivity contribution in [1.29, 1.82) is 0 Å². The highest BCUT2D eigenvalue weighted by Gasteiger charge is 1.94. The first-order valence-corrected chi connectivity index (χ1v) is 5.96. The molecule has 0 aromatic rings. The van der Waals surface area contributed by atoms with E-state index in [9.17, 15) is 0 Å². The zero-order valence-electron chi connectivity index (χ0n) is 11.1. The Labute approximate surface area is 148 Å². The summed E-state index contributed by atoms with van der Waals surface area (Å²) < 4.78 is 0. The van der Waals surface area contributed by atoms with E-state index < -0.39 is 0 Å². The lowest BCUT2D eigenvalue weighted by atomic mass is 10.1. The van der Waals surface area contributed by atoms with Crippen molar-refractivity contribution in [2.75, 3.05) is 13.1 Å². The van der Waals surface area contributed by atoms with Crippen molar-refractivity contribution < 1.29 is 0 Å².